The Bertz CT molecular complexity index is 2260. The number of halogens is 1. The Morgan fingerprint density at radius 3 is 2.34 bits per heavy atom. The summed E-state index contributed by atoms with van der Waals surface area (Å²) in [4.78, 5) is 82.1. The number of nitrogens with zero attached hydrogens (tertiary/aromatic N) is 7. The summed E-state index contributed by atoms with van der Waals surface area (Å²) in [6.07, 6.45) is 10.7. The Balaban J connectivity index is 0.701. The van der Waals surface area contributed by atoms with Gasteiger partial charge in [0.05, 0.1) is 29.6 Å². The highest BCUT2D eigenvalue weighted by Gasteiger charge is 2.45. The highest BCUT2D eigenvalue weighted by Crippen LogP contribution is 2.36. The van der Waals surface area contributed by atoms with E-state index >= 15 is 4.39 Å². The number of imide groups is 2. The van der Waals surface area contributed by atoms with Crippen LogP contribution >= 0.6 is 0 Å². The fourth-order valence-corrected chi connectivity index (χ4v) is 9.54. The molecule has 6 heterocycles. The van der Waals surface area contributed by atoms with E-state index in [0.29, 0.717) is 37.0 Å². The van der Waals surface area contributed by atoms with Crippen molar-refractivity contribution in [1.82, 2.24) is 40.0 Å². The van der Waals surface area contributed by atoms with Gasteiger partial charge in [-0.1, -0.05) is 30.3 Å². The fourth-order valence-electron chi connectivity index (χ4n) is 9.54. The first-order valence-electron chi connectivity index (χ1n) is 21.0. The second-order valence-corrected chi connectivity index (χ2v) is 16.8. The lowest BCUT2D eigenvalue weighted by Crippen LogP contribution is -2.54. The molecule has 1 atom stereocenters. The van der Waals surface area contributed by atoms with Gasteiger partial charge in [-0.25, -0.2) is 19.3 Å². The summed E-state index contributed by atoms with van der Waals surface area (Å²) in [5, 5.41) is 8.87. The van der Waals surface area contributed by atoms with Gasteiger partial charge < -0.3 is 25.0 Å². The number of nitrogens with one attached hydrogen (secondary N) is 3. The van der Waals surface area contributed by atoms with Crippen LogP contribution < -0.4 is 20.9 Å². The van der Waals surface area contributed by atoms with Gasteiger partial charge in [-0.2, -0.15) is 0 Å². The van der Waals surface area contributed by atoms with E-state index < -0.39 is 35.5 Å². The van der Waals surface area contributed by atoms with Gasteiger partial charge in [-0.15, -0.1) is 0 Å². The highest BCUT2D eigenvalue weighted by atomic mass is 19.1. The number of likely N-dealkylation sites (tertiary alicyclic amines) is 1. The van der Waals surface area contributed by atoms with Crippen LogP contribution in [0.15, 0.2) is 55.1 Å². The lowest BCUT2D eigenvalue weighted by atomic mass is 9.86. The van der Waals surface area contributed by atoms with Crippen molar-refractivity contribution in [2.24, 2.45) is 11.8 Å². The molecule has 2 aromatic carbocycles. The van der Waals surface area contributed by atoms with Crippen molar-refractivity contribution in [3.05, 3.63) is 77.6 Å². The molecule has 5 amide bonds. The third-order valence-corrected chi connectivity index (χ3v) is 13.0. The summed E-state index contributed by atoms with van der Waals surface area (Å²) >= 11 is 0. The van der Waals surface area contributed by atoms with Gasteiger partial charge in [0.1, 0.15) is 23.7 Å². The summed E-state index contributed by atoms with van der Waals surface area (Å²) in [6, 6.07) is 11.7. The number of aromatic nitrogens is 4. The fraction of sp³-hybridized carbons (Fsp3) is 0.488. The molecule has 308 valence electrons. The average molecular weight is 805 g/mol. The smallest absolute Gasteiger partial charge is 0.262 e. The first-order chi connectivity index (χ1) is 28.7. The van der Waals surface area contributed by atoms with E-state index in [-0.39, 0.29) is 42.0 Å². The zero-order valence-corrected chi connectivity index (χ0v) is 32.9. The molecule has 4 aliphatic heterocycles. The van der Waals surface area contributed by atoms with E-state index in [1.807, 2.05) is 41.6 Å². The van der Waals surface area contributed by atoms with Crippen molar-refractivity contribution in [3.8, 4) is 0 Å². The molecule has 0 spiro atoms. The van der Waals surface area contributed by atoms with Gasteiger partial charge in [-0.3, -0.25) is 34.2 Å². The zero-order chi connectivity index (χ0) is 40.6. The van der Waals surface area contributed by atoms with Crippen LogP contribution in [0.2, 0.25) is 0 Å². The van der Waals surface area contributed by atoms with Crippen LogP contribution in [0.1, 0.15) is 90.1 Å². The lowest BCUT2D eigenvalue weighted by Gasteiger charge is -2.38. The van der Waals surface area contributed by atoms with Crippen molar-refractivity contribution in [2.75, 3.05) is 49.5 Å². The first kappa shape index (κ1) is 38.7. The number of hydrogen-bond donors (Lipinski definition) is 3. The van der Waals surface area contributed by atoms with Crippen molar-refractivity contribution in [1.29, 1.82) is 0 Å². The summed E-state index contributed by atoms with van der Waals surface area (Å²) < 4.78 is 17.6. The van der Waals surface area contributed by atoms with Gasteiger partial charge in [0.2, 0.25) is 17.7 Å². The number of amides is 5. The number of rotatable bonds is 12. The van der Waals surface area contributed by atoms with Gasteiger partial charge in [0.15, 0.2) is 11.5 Å². The quantitative estimate of drug-likeness (QED) is 0.178. The standard InChI is InChI=1S/C43H49FN10O5/c44-33-21-31-32(43(59)54(42(31)58)34-6-7-36(55)50-41(34)57)22-35(33)52-16-11-28(12-17-52)23-51-14-9-26(10-15-51)8-13-45-39-38-40(47-24-46-39)53(25-48-38)30-19-29(20-30)49-37(56)18-27-4-2-1-3-5-27/h1-5,21-22,24-26,28-30,34H,6-20,23H2,(H,49,56)(H,45,46,47)(H,50,55,57). The molecule has 5 aliphatic rings. The molecule has 2 aromatic heterocycles. The molecule has 0 radical (unpaired) electrons. The maximum absolute atomic E-state index is 15.4. The third-order valence-electron chi connectivity index (χ3n) is 13.0. The second kappa shape index (κ2) is 16.5. The predicted octanol–water partition coefficient (Wildman–Crippen LogP) is 3.86. The minimum atomic E-state index is -1.09. The molecule has 16 heteroatoms. The van der Waals surface area contributed by atoms with Crippen LogP contribution in [0, 0.1) is 17.7 Å². The Hall–Kier alpha value is -5.77. The number of fused-ring (bicyclic) bond motifs is 2. The largest absolute Gasteiger partial charge is 0.369 e. The van der Waals surface area contributed by atoms with Crippen molar-refractivity contribution < 1.29 is 28.4 Å². The topological polar surface area (TPSA) is 175 Å². The molecule has 4 fully saturated rings. The van der Waals surface area contributed by atoms with Crippen LogP contribution in [0.25, 0.3) is 11.2 Å². The van der Waals surface area contributed by atoms with Crippen LogP contribution in [-0.4, -0.2) is 110 Å². The van der Waals surface area contributed by atoms with Crippen LogP contribution in [0.5, 0.6) is 0 Å². The number of anilines is 2. The zero-order valence-electron chi connectivity index (χ0n) is 32.9. The summed E-state index contributed by atoms with van der Waals surface area (Å²) in [7, 11) is 0. The molecule has 1 saturated carbocycles. The molecular weight excluding hydrogens is 756 g/mol. The van der Waals surface area contributed by atoms with Gasteiger partial charge in [0, 0.05) is 44.7 Å². The molecule has 59 heavy (non-hydrogen) atoms. The maximum Gasteiger partial charge on any atom is 0.262 e. The highest BCUT2D eigenvalue weighted by molar-refractivity contribution is 6.23. The molecule has 3 saturated heterocycles. The van der Waals surface area contributed by atoms with Crippen molar-refractivity contribution >= 4 is 52.2 Å². The number of carbonyl (C=O) groups excluding carboxylic acids is 5. The minimum Gasteiger partial charge on any atom is -0.369 e. The number of piperidine rings is 3. The van der Waals surface area contributed by atoms with Gasteiger partial charge >= 0.3 is 0 Å². The van der Waals surface area contributed by atoms with E-state index in [0.717, 1.165) is 105 Å². The molecule has 9 rings (SSSR count). The SMILES string of the molecule is O=C1CCC(N2C(=O)c3cc(F)c(N4CCC(CN5CCC(CCNc6ncnc7c6ncn7C6CC(NC(=O)Cc7ccccc7)C6)CC5)CC4)cc3C2=O)C(=O)N1. The molecule has 1 unspecified atom stereocenters. The van der Waals surface area contributed by atoms with Crippen LogP contribution in [0.3, 0.4) is 0 Å². The average Bonchev–Trinajstić information content (AvgIpc) is 3.75. The molecule has 1 aliphatic carbocycles. The Labute approximate surface area is 341 Å². The predicted molar refractivity (Wildman–Crippen MR) is 216 cm³/mol. The maximum atomic E-state index is 15.4. The third kappa shape index (κ3) is 8.01. The molecule has 4 aromatic rings. The van der Waals surface area contributed by atoms with E-state index in [1.165, 1.54) is 6.07 Å². The summed E-state index contributed by atoms with van der Waals surface area (Å²) in [5.41, 5.74) is 2.93. The number of carbonyl (C=O) groups is 5. The van der Waals surface area contributed by atoms with Gasteiger partial charge in [-0.05, 0) is 94.0 Å². The normalized spacial score (nSPS) is 23.0. The first-order valence-corrected chi connectivity index (χ1v) is 21.0. The molecule has 0 bridgehead atoms. The Morgan fingerprint density at radius 1 is 0.864 bits per heavy atom. The van der Waals surface area contributed by atoms with Gasteiger partial charge in [0.25, 0.3) is 11.8 Å². The number of hydrogen-bond acceptors (Lipinski definition) is 11. The molecule has 15 nitrogen and oxygen atoms in total. The lowest BCUT2D eigenvalue weighted by molar-refractivity contribution is -0.136. The minimum absolute atomic E-state index is 0.0276. The molecular formula is C43H49FN10O5. The van der Waals surface area contributed by atoms with E-state index in [4.69, 9.17) is 0 Å². The Morgan fingerprint density at radius 2 is 1.59 bits per heavy atom. The second-order valence-electron chi connectivity index (χ2n) is 16.8. The summed E-state index contributed by atoms with van der Waals surface area (Å²) in [6.45, 7) is 5.18. The summed E-state index contributed by atoms with van der Waals surface area (Å²) in [5.74, 6) is -1.13. The number of benzene rings is 2. The van der Waals surface area contributed by atoms with E-state index in [2.05, 4.69) is 40.4 Å². The Kier molecular flexibility index (Phi) is 10.8. The molecule has 3 N–H and O–H groups in total. The van der Waals surface area contributed by atoms with Crippen molar-refractivity contribution in [3.63, 3.8) is 0 Å². The van der Waals surface area contributed by atoms with E-state index in [1.54, 1.807) is 6.33 Å². The monoisotopic (exact) mass is 804 g/mol. The van der Waals surface area contributed by atoms with Crippen molar-refractivity contribution in [2.45, 2.75) is 82.3 Å². The van der Waals surface area contributed by atoms with Crippen LogP contribution in [-0.2, 0) is 20.8 Å². The van der Waals surface area contributed by atoms with E-state index in [9.17, 15) is 24.0 Å². The van der Waals surface area contributed by atoms with Crippen LogP contribution in [0.4, 0.5) is 15.9 Å². The number of imidazole rings is 1.